The Morgan fingerprint density at radius 2 is 2.00 bits per heavy atom. The fourth-order valence-electron chi connectivity index (χ4n) is 3.59. The van der Waals surface area contributed by atoms with Crippen molar-refractivity contribution < 1.29 is 4.79 Å². The summed E-state index contributed by atoms with van der Waals surface area (Å²) in [4.78, 5) is 16.4. The molecule has 4 nitrogen and oxygen atoms in total. The molecular weight excluding hydrogens is 386 g/mol. The number of rotatable bonds is 10. The number of nitrogens with zero attached hydrogens (tertiary/aromatic N) is 3. The summed E-state index contributed by atoms with van der Waals surface area (Å²) in [5.74, 6) is 1.25. The lowest BCUT2D eigenvalue weighted by Crippen LogP contribution is -2.34. The highest BCUT2D eigenvalue weighted by molar-refractivity contribution is 7.99. The highest BCUT2D eigenvalue weighted by Crippen LogP contribution is 2.33. The molecule has 0 atom stereocenters. The largest absolute Gasteiger partial charge is 0.306 e. The number of amides is 1. The van der Waals surface area contributed by atoms with Crippen molar-refractivity contribution in [1.82, 2.24) is 4.68 Å². The van der Waals surface area contributed by atoms with Crippen molar-refractivity contribution >= 4 is 35.3 Å². The van der Waals surface area contributed by atoms with E-state index in [0.29, 0.717) is 5.69 Å². The Morgan fingerprint density at radius 3 is 2.79 bits per heavy atom. The molecule has 0 bridgehead atoms. The summed E-state index contributed by atoms with van der Waals surface area (Å²) in [5.41, 5.74) is 3.06. The molecule has 1 aromatic carbocycles. The van der Waals surface area contributed by atoms with Gasteiger partial charge in [0.25, 0.3) is 5.91 Å². The molecule has 1 aromatic heterocycles. The molecule has 2 heterocycles. The first-order valence-electron chi connectivity index (χ1n) is 10.2. The summed E-state index contributed by atoms with van der Waals surface area (Å²) in [7, 11) is 1.96. The Morgan fingerprint density at radius 1 is 1.18 bits per heavy atom. The molecule has 0 saturated carbocycles. The molecule has 28 heavy (non-hydrogen) atoms. The van der Waals surface area contributed by atoms with Crippen LogP contribution in [-0.4, -0.2) is 36.2 Å². The highest BCUT2D eigenvalue weighted by Gasteiger charge is 2.28. The van der Waals surface area contributed by atoms with Crippen molar-refractivity contribution in [1.29, 1.82) is 0 Å². The Labute approximate surface area is 177 Å². The van der Waals surface area contributed by atoms with Crippen molar-refractivity contribution in [2.45, 2.75) is 50.3 Å². The summed E-state index contributed by atoms with van der Waals surface area (Å²) in [5, 5.41) is 0. The summed E-state index contributed by atoms with van der Waals surface area (Å²) in [6, 6.07) is 10.4. The van der Waals surface area contributed by atoms with Crippen LogP contribution < -0.4 is 9.31 Å². The van der Waals surface area contributed by atoms with Crippen LogP contribution in [0.25, 0.3) is 0 Å². The van der Waals surface area contributed by atoms with Gasteiger partial charge in [0, 0.05) is 36.6 Å². The molecule has 2 aromatic rings. The van der Waals surface area contributed by atoms with E-state index in [-0.39, 0.29) is 5.91 Å². The summed E-state index contributed by atoms with van der Waals surface area (Å²) < 4.78 is 3.87. The van der Waals surface area contributed by atoms with E-state index in [0.717, 1.165) is 18.7 Å². The Bertz CT molecular complexity index is 790. The lowest BCUT2D eigenvalue weighted by atomic mass is 10.2. The van der Waals surface area contributed by atoms with Crippen LogP contribution in [0.4, 0.5) is 5.69 Å². The summed E-state index contributed by atoms with van der Waals surface area (Å²) in [6.07, 6.45) is 11.5. The maximum absolute atomic E-state index is 13.2. The molecule has 0 fully saturated rings. The number of carbonyl (C=O) groups is 1. The standard InChI is InChI=1S/C22H31N3OS2/c1-4-5-6-7-8-16-28-19-11-12-20-18(17-19)13-15-24(20)22(26)21-10-9-14-25(21)23(2)27-3/h9-12,14,17H,4-8,13,15-16H2,1-3H3. The van der Waals surface area contributed by atoms with Gasteiger partial charge in [0.2, 0.25) is 0 Å². The Kier molecular flexibility index (Phi) is 7.80. The fourth-order valence-corrected chi connectivity index (χ4v) is 4.88. The van der Waals surface area contributed by atoms with Crippen molar-refractivity contribution in [2.75, 3.05) is 34.9 Å². The molecule has 0 saturated heterocycles. The van der Waals surface area contributed by atoms with E-state index >= 15 is 0 Å². The Balaban J connectivity index is 1.63. The predicted molar refractivity (Wildman–Crippen MR) is 123 cm³/mol. The number of hydrogen-bond acceptors (Lipinski definition) is 4. The maximum Gasteiger partial charge on any atom is 0.276 e. The minimum Gasteiger partial charge on any atom is -0.306 e. The van der Waals surface area contributed by atoms with Gasteiger partial charge in [0.15, 0.2) is 0 Å². The number of unbranched alkanes of at least 4 members (excludes halogenated alkanes) is 4. The number of carbonyl (C=O) groups excluding carboxylic acids is 1. The van der Waals surface area contributed by atoms with Gasteiger partial charge in [-0.3, -0.25) is 13.9 Å². The topological polar surface area (TPSA) is 28.5 Å². The van der Waals surface area contributed by atoms with Gasteiger partial charge in [-0.05, 0) is 66.4 Å². The summed E-state index contributed by atoms with van der Waals surface area (Å²) >= 11 is 3.52. The summed E-state index contributed by atoms with van der Waals surface area (Å²) in [6.45, 7) is 3.01. The lowest BCUT2D eigenvalue weighted by Gasteiger charge is -2.23. The third-order valence-corrected chi connectivity index (χ3v) is 7.01. The molecule has 152 valence electrons. The van der Waals surface area contributed by atoms with Crippen LogP contribution in [0.5, 0.6) is 0 Å². The van der Waals surface area contributed by atoms with E-state index in [1.54, 1.807) is 11.9 Å². The van der Waals surface area contributed by atoms with E-state index in [4.69, 9.17) is 0 Å². The minimum absolute atomic E-state index is 0.0703. The number of thioether (sulfide) groups is 1. The third-order valence-electron chi connectivity index (χ3n) is 5.22. The average Bonchev–Trinajstić information content (AvgIpc) is 3.36. The number of aromatic nitrogens is 1. The SMILES string of the molecule is CCCCCCCSc1ccc2c(c1)CCN2C(=O)c1cccn1N(C)SC. The van der Waals surface area contributed by atoms with E-state index in [9.17, 15) is 4.79 Å². The number of hydrogen-bond donors (Lipinski definition) is 0. The highest BCUT2D eigenvalue weighted by atomic mass is 32.2. The van der Waals surface area contributed by atoms with Gasteiger partial charge in [0.1, 0.15) is 5.69 Å². The second-order valence-corrected chi connectivity index (χ2v) is 9.21. The Hall–Kier alpha value is -1.53. The average molecular weight is 418 g/mol. The molecule has 1 aliphatic rings. The molecule has 1 aliphatic heterocycles. The van der Waals surface area contributed by atoms with Crippen molar-refractivity contribution in [3.8, 4) is 0 Å². The lowest BCUT2D eigenvalue weighted by molar-refractivity contribution is 0.0981. The first kappa shape index (κ1) is 21.2. The normalized spacial score (nSPS) is 13.0. The number of fused-ring (bicyclic) bond motifs is 1. The van der Waals surface area contributed by atoms with Gasteiger partial charge in [-0.15, -0.1) is 11.8 Å². The third kappa shape index (κ3) is 4.90. The maximum atomic E-state index is 13.2. The molecule has 0 unspecified atom stereocenters. The van der Waals surface area contributed by atoms with Gasteiger partial charge in [-0.1, -0.05) is 32.6 Å². The number of anilines is 1. The van der Waals surface area contributed by atoms with Crippen LogP contribution in [0.1, 0.15) is 55.1 Å². The molecule has 3 rings (SSSR count). The zero-order chi connectivity index (χ0) is 19.9. The van der Waals surface area contributed by atoms with Gasteiger partial charge in [-0.2, -0.15) is 0 Å². The quantitative estimate of drug-likeness (QED) is 0.286. The van der Waals surface area contributed by atoms with Crippen molar-refractivity contribution in [3.05, 3.63) is 47.8 Å². The molecule has 0 radical (unpaired) electrons. The molecule has 0 spiro atoms. The molecule has 6 heteroatoms. The zero-order valence-electron chi connectivity index (χ0n) is 17.2. The van der Waals surface area contributed by atoms with Gasteiger partial charge < -0.3 is 4.90 Å². The van der Waals surface area contributed by atoms with E-state index in [2.05, 4.69) is 25.1 Å². The van der Waals surface area contributed by atoms with E-state index < -0.39 is 0 Å². The van der Waals surface area contributed by atoms with Crippen molar-refractivity contribution in [3.63, 3.8) is 0 Å². The van der Waals surface area contributed by atoms with Crippen molar-refractivity contribution in [2.24, 2.45) is 0 Å². The van der Waals surface area contributed by atoms with Crippen LogP contribution in [0.15, 0.2) is 41.4 Å². The number of benzene rings is 1. The van der Waals surface area contributed by atoms with Gasteiger partial charge in [0.05, 0.1) is 0 Å². The predicted octanol–water partition coefficient (Wildman–Crippen LogP) is 5.60. The monoisotopic (exact) mass is 417 g/mol. The van der Waals surface area contributed by atoms with E-state index in [1.807, 2.05) is 57.4 Å². The molecule has 0 aliphatic carbocycles. The second kappa shape index (κ2) is 10.3. The van der Waals surface area contributed by atoms with Crippen LogP contribution in [0.2, 0.25) is 0 Å². The van der Waals surface area contributed by atoms with Crippen LogP contribution in [0, 0.1) is 0 Å². The zero-order valence-corrected chi connectivity index (χ0v) is 18.8. The van der Waals surface area contributed by atoms with Gasteiger partial charge in [-0.25, -0.2) is 0 Å². The second-order valence-electron chi connectivity index (χ2n) is 7.14. The van der Waals surface area contributed by atoms with Crippen LogP contribution >= 0.6 is 23.7 Å². The molecular formula is C22H31N3OS2. The fraction of sp³-hybridized carbons (Fsp3) is 0.500. The van der Waals surface area contributed by atoms with E-state index in [1.165, 1.54) is 48.3 Å². The first-order chi connectivity index (χ1) is 13.7. The molecule has 1 amide bonds. The van der Waals surface area contributed by atoms with Gasteiger partial charge >= 0.3 is 0 Å². The molecule has 0 N–H and O–H groups in total. The van der Waals surface area contributed by atoms with Crippen LogP contribution in [-0.2, 0) is 6.42 Å². The smallest absolute Gasteiger partial charge is 0.276 e. The van der Waals surface area contributed by atoms with Crippen LogP contribution in [0.3, 0.4) is 0 Å². The first-order valence-corrected chi connectivity index (χ1v) is 12.4. The minimum atomic E-state index is 0.0703.